The summed E-state index contributed by atoms with van der Waals surface area (Å²) in [7, 11) is 1.61. The van der Waals surface area contributed by atoms with Gasteiger partial charge in [0.2, 0.25) is 0 Å². The molecule has 3 nitrogen and oxygen atoms in total. The van der Waals surface area contributed by atoms with Gasteiger partial charge in [-0.1, -0.05) is 41.9 Å². The molecule has 0 saturated carbocycles. The first-order chi connectivity index (χ1) is 12.7. The van der Waals surface area contributed by atoms with Crippen molar-refractivity contribution in [3.63, 3.8) is 0 Å². The summed E-state index contributed by atoms with van der Waals surface area (Å²) >= 11 is 6.20. The number of methoxy groups -OCH3 is 1. The summed E-state index contributed by atoms with van der Waals surface area (Å²) in [6, 6.07) is 20.6. The number of aryl methyl sites for hydroxylation is 1. The summed E-state index contributed by atoms with van der Waals surface area (Å²) in [6.45, 7) is 2.91. The number of hydrogen-bond donors (Lipinski definition) is 1. The van der Waals surface area contributed by atoms with Gasteiger partial charge in [0.05, 0.1) is 18.7 Å². The molecule has 3 rings (SSSR count). The third-order valence-electron chi connectivity index (χ3n) is 4.43. The summed E-state index contributed by atoms with van der Waals surface area (Å²) in [6.07, 6.45) is 2.16. The molecule has 26 heavy (non-hydrogen) atoms. The topological polar surface area (TPSA) is 34.4 Å². The number of hydrogen-bond acceptors (Lipinski definition) is 3. The van der Waals surface area contributed by atoms with Gasteiger partial charge in [-0.25, -0.2) is 0 Å². The Balaban J connectivity index is 1.52. The predicted molar refractivity (Wildman–Crippen MR) is 107 cm³/mol. The first kappa shape index (κ1) is 18.6. The van der Waals surface area contributed by atoms with Crippen molar-refractivity contribution >= 4 is 11.6 Å². The van der Waals surface area contributed by atoms with E-state index in [4.69, 9.17) is 20.8 Å². The summed E-state index contributed by atoms with van der Waals surface area (Å²) in [5.74, 6) is 2.39. The standard InChI is InChI=1S/C22H24ClNO2/c1-16(8-9-17-6-4-3-5-7-17)24-15-19-11-13-21(26-19)18-10-12-22(25-2)20(23)14-18/h3-7,10-14,16,24H,8-9,15H2,1-2H3. The molecule has 4 heteroatoms. The minimum absolute atomic E-state index is 0.416. The molecule has 1 atom stereocenters. The van der Waals surface area contributed by atoms with Crippen molar-refractivity contribution in [2.24, 2.45) is 0 Å². The maximum absolute atomic E-state index is 6.20. The summed E-state index contributed by atoms with van der Waals surface area (Å²) in [4.78, 5) is 0. The van der Waals surface area contributed by atoms with Crippen LogP contribution >= 0.6 is 11.6 Å². The van der Waals surface area contributed by atoms with Gasteiger partial charge in [0.1, 0.15) is 17.3 Å². The van der Waals surface area contributed by atoms with Crippen molar-refractivity contribution in [2.45, 2.75) is 32.4 Å². The highest BCUT2D eigenvalue weighted by Crippen LogP contribution is 2.31. The lowest BCUT2D eigenvalue weighted by atomic mass is 10.1. The molecule has 0 spiro atoms. The molecule has 1 N–H and O–H groups in total. The molecule has 0 fully saturated rings. The van der Waals surface area contributed by atoms with Crippen LogP contribution < -0.4 is 10.1 Å². The Morgan fingerprint density at radius 1 is 1.08 bits per heavy atom. The van der Waals surface area contributed by atoms with Crippen molar-refractivity contribution in [3.05, 3.63) is 77.0 Å². The van der Waals surface area contributed by atoms with Crippen LogP contribution in [0.25, 0.3) is 11.3 Å². The second kappa shape index (κ2) is 8.93. The molecule has 1 aromatic heterocycles. The van der Waals surface area contributed by atoms with Crippen LogP contribution in [0.5, 0.6) is 5.75 Å². The fourth-order valence-electron chi connectivity index (χ4n) is 2.85. The Kier molecular flexibility index (Phi) is 6.37. The molecule has 0 amide bonds. The monoisotopic (exact) mass is 369 g/mol. The molecule has 0 aliphatic rings. The summed E-state index contributed by atoms with van der Waals surface area (Å²) < 4.78 is 11.1. The number of benzene rings is 2. The normalized spacial score (nSPS) is 12.1. The molecule has 1 unspecified atom stereocenters. The van der Waals surface area contributed by atoms with E-state index >= 15 is 0 Å². The lowest BCUT2D eigenvalue weighted by Gasteiger charge is -2.12. The van der Waals surface area contributed by atoms with Gasteiger partial charge in [0.25, 0.3) is 0 Å². The van der Waals surface area contributed by atoms with Crippen LogP contribution in [0.3, 0.4) is 0 Å². The largest absolute Gasteiger partial charge is 0.495 e. The predicted octanol–water partition coefficient (Wildman–Crippen LogP) is 5.72. The maximum Gasteiger partial charge on any atom is 0.137 e. The highest BCUT2D eigenvalue weighted by Gasteiger charge is 2.09. The Morgan fingerprint density at radius 3 is 2.62 bits per heavy atom. The minimum Gasteiger partial charge on any atom is -0.495 e. The van der Waals surface area contributed by atoms with E-state index in [0.29, 0.717) is 23.4 Å². The molecule has 1 heterocycles. The second-order valence-electron chi connectivity index (χ2n) is 6.42. The molecule has 0 aliphatic heterocycles. The average Bonchev–Trinajstić information content (AvgIpc) is 3.14. The maximum atomic E-state index is 6.20. The van der Waals surface area contributed by atoms with E-state index in [1.807, 2.05) is 30.3 Å². The summed E-state index contributed by atoms with van der Waals surface area (Å²) in [5, 5.41) is 4.10. The quantitative estimate of drug-likeness (QED) is 0.551. The Morgan fingerprint density at radius 2 is 1.88 bits per heavy atom. The van der Waals surface area contributed by atoms with E-state index in [9.17, 15) is 0 Å². The molecule has 0 radical (unpaired) electrons. The van der Waals surface area contributed by atoms with Gasteiger partial charge >= 0.3 is 0 Å². The van der Waals surface area contributed by atoms with Crippen LogP contribution in [0.15, 0.2) is 65.1 Å². The highest BCUT2D eigenvalue weighted by atomic mass is 35.5. The van der Waals surface area contributed by atoms with Crippen LogP contribution in [0, 0.1) is 0 Å². The average molecular weight is 370 g/mol. The molecule has 136 valence electrons. The highest BCUT2D eigenvalue weighted by molar-refractivity contribution is 6.32. The molecule has 0 aliphatic carbocycles. The number of halogens is 1. The fourth-order valence-corrected chi connectivity index (χ4v) is 3.11. The number of nitrogens with one attached hydrogen (secondary N) is 1. The van der Waals surface area contributed by atoms with Gasteiger partial charge in [0.15, 0.2) is 0 Å². The molecule has 0 bridgehead atoms. The Labute approximate surface area is 159 Å². The minimum atomic E-state index is 0.416. The van der Waals surface area contributed by atoms with Crippen LogP contribution in [0.1, 0.15) is 24.7 Å². The van der Waals surface area contributed by atoms with E-state index in [0.717, 1.165) is 29.9 Å². The Bertz CT molecular complexity index is 829. The van der Waals surface area contributed by atoms with Gasteiger partial charge in [0, 0.05) is 11.6 Å². The van der Waals surface area contributed by atoms with E-state index < -0.39 is 0 Å². The fraction of sp³-hybridized carbons (Fsp3) is 0.273. The lowest BCUT2D eigenvalue weighted by Crippen LogP contribution is -2.25. The van der Waals surface area contributed by atoms with Crippen molar-refractivity contribution < 1.29 is 9.15 Å². The van der Waals surface area contributed by atoms with E-state index in [2.05, 4.69) is 42.6 Å². The number of rotatable bonds is 8. The Hall–Kier alpha value is -2.23. The van der Waals surface area contributed by atoms with Crippen molar-refractivity contribution in [3.8, 4) is 17.1 Å². The van der Waals surface area contributed by atoms with Gasteiger partial charge in [-0.15, -0.1) is 0 Å². The van der Waals surface area contributed by atoms with Crippen molar-refractivity contribution in [1.29, 1.82) is 0 Å². The SMILES string of the molecule is COc1ccc(-c2ccc(CNC(C)CCc3ccccc3)o2)cc1Cl. The summed E-state index contributed by atoms with van der Waals surface area (Å²) in [5.41, 5.74) is 2.32. The zero-order chi connectivity index (χ0) is 18.4. The zero-order valence-corrected chi connectivity index (χ0v) is 15.9. The van der Waals surface area contributed by atoms with Crippen LogP contribution in [-0.2, 0) is 13.0 Å². The van der Waals surface area contributed by atoms with Gasteiger partial charge in [-0.2, -0.15) is 0 Å². The zero-order valence-electron chi connectivity index (χ0n) is 15.2. The van der Waals surface area contributed by atoms with Crippen molar-refractivity contribution in [1.82, 2.24) is 5.32 Å². The van der Waals surface area contributed by atoms with Gasteiger partial charge < -0.3 is 14.5 Å². The van der Waals surface area contributed by atoms with Crippen LogP contribution in [0.2, 0.25) is 5.02 Å². The van der Waals surface area contributed by atoms with Gasteiger partial charge in [-0.3, -0.25) is 0 Å². The first-order valence-corrected chi connectivity index (χ1v) is 9.23. The second-order valence-corrected chi connectivity index (χ2v) is 6.83. The van der Waals surface area contributed by atoms with Crippen molar-refractivity contribution in [2.75, 3.05) is 7.11 Å². The molecular formula is C22H24ClNO2. The third-order valence-corrected chi connectivity index (χ3v) is 4.73. The van der Waals surface area contributed by atoms with Crippen LogP contribution in [-0.4, -0.2) is 13.2 Å². The molecule has 2 aromatic carbocycles. The van der Waals surface area contributed by atoms with Gasteiger partial charge in [-0.05, 0) is 55.7 Å². The molecular weight excluding hydrogens is 346 g/mol. The molecule has 3 aromatic rings. The third kappa shape index (κ3) is 4.90. The number of furan rings is 1. The smallest absolute Gasteiger partial charge is 0.137 e. The lowest BCUT2D eigenvalue weighted by molar-refractivity contribution is 0.415. The van der Waals surface area contributed by atoms with E-state index in [1.54, 1.807) is 7.11 Å². The van der Waals surface area contributed by atoms with E-state index in [1.165, 1.54) is 5.56 Å². The van der Waals surface area contributed by atoms with E-state index in [-0.39, 0.29) is 0 Å². The van der Waals surface area contributed by atoms with Crippen LogP contribution in [0.4, 0.5) is 0 Å². The first-order valence-electron chi connectivity index (χ1n) is 8.85. The molecule has 0 saturated heterocycles. The number of ether oxygens (including phenoxy) is 1.